The zero-order valence-corrected chi connectivity index (χ0v) is 10.4. The largest absolute Gasteiger partial charge is 0.441 e. The molecule has 0 radical (unpaired) electrons. The van der Waals surface area contributed by atoms with E-state index in [2.05, 4.69) is 10.3 Å². The molecule has 0 saturated carbocycles. The zero-order chi connectivity index (χ0) is 12.5. The summed E-state index contributed by atoms with van der Waals surface area (Å²) in [7, 11) is 0. The third-order valence-corrected chi connectivity index (χ3v) is 2.73. The fourth-order valence-corrected chi connectivity index (χ4v) is 1.60. The van der Waals surface area contributed by atoms with Gasteiger partial charge in [-0.15, -0.1) is 0 Å². The molecule has 1 aromatic carbocycles. The van der Waals surface area contributed by atoms with Gasteiger partial charge in [-0.3, -0.25) is 0 Å². The van der Waals surface area contributed by atoms with Gasteiger partial charge in [-0.2, -0.15) is 0 Å². The summed E-state index contributed by atoms with van der Waals surface area (Å²) in [5.74, 6) is 0.681. The average molecular weight is 234 g/mol. The van der Waals surface area contributed by atoms with Crippen molar-refractivity contribution in [1.82, 2.24) is 10.3 Å². The number of fused-ring (bicyclic) bond motifs is 1. The van der Waals surface area contributed by atoms with Crippen molar-refractivity contribution in [2.45, 2.75) is 32.9 Å². The molecule has 92 valence electrons. The predicted molar refractivity (Wildman–Crippen MR) is 66.8 cm³/mol. The van der Waals surface area contributed by atoms with Gasteiger partial charge in [0.15, 0.2) is 11.5 Å². The molecule has 0 saturated heterocycles. The average Bonchev–Trinajstić information content (AvgIpc) is 2.66. The molecule has 0 spiro atoms. The van der Waals surface area contributed by atoms with Crippen molar-refractivity contribution >= 4 is 11.1 Å². The molecule has 1 heterocycles. The Balaban J connectivity index is 2.14. The molecule has 17 heavy (non-hydrogen) atoms. The number of aromatic nitrogens is 1. The third kappa shape index (κ3) is 2.84. The molecule has 0 fully saturated rings. The number of aliphatic hydroxyl groups is 1. The Hall–Kier alpha value is -1.39. The summed E-state index contributed by atoms with van der Waals surface area (Å²) in [5.41, 5.74) is 2.55. The van der Waals surface area contributed by atoms with E-state index in [0.717, 1.165) is 16.7 Å². The Kier molecular flexibility index (Phi) is 3.17. The van der Waals surface area contributed by atoms with E-state index in [1.807, 2.05) is 39.0 Å². The van der Waals surface area contributed by atoms with Gasteiger partial charge >= 0.3 is 0 Å². The normalized spacial score (nSPS) is 12.2. The number of nitrogens with zero attached hydrogens (tertiary/aromatic N) is 1. The first-order valence-electron chi connectivity index (χ1n) is 5.72. The van der Waals surface area contributed by atoms with Crippen LogP contribution >= 0.6 is 0 Å². The van der Waals surface area contributed by atoms with Crippen LogP contribution in [0.25, 0.3) is 11.1 Å². The first-order valence-corrected chi connectivity index (χ1v) is 5.72. The van der Waals surface area contributed by atoms with Crippen molar-refractivity contribution in [3.05, 3.63) is 29.7 Å². The molecular formula is C13H18N2O2. The Morgan fingerprint density at radius 2 is 2.18 bits per heavy atom. The van der Waals surface area contributed by atoms with Crippen LogP contribution in [0, 0.1) is 6.92 Å². The van der Waals surface area contributed by atoms with Gasteiger partial charge in [0.1, 0.15) is 5.52 Å². The van der Waals surface area contributed by atoms with Crippen LogP contribution in [0.5, 0.6) is 0 Å². The Morgan fingerprint density at radius 1 is 1.41 bits per heavy atom. The van der Waals surface area contributed by atoms with Crippen LogP contribution in [-0.4, -0.2) is 22.2 Å². The van der Waals surface area contributed by atoms with Crippen molar-refractivity contribution in [2.75, 3.05) is 6.61 Å². The van der Waals surface area contributed by atoms with Gasteiger partial charge < -0.3 is 14.8 Å². The van der Waals surface area contributed by atoms with E-state index in [9.17, 15) is 0 Å². The van der Waals surface area contributed by atoms with Crippen LogP contribution in [0.15, 0.2) is 22.6 Å². The summed E-state index contributed by atoms with van der Waals surface area (Å²) in [6.45, 7) is 6.58. The lowest BCUT2D eigenvalue weighted by Gasteiger charge is -2.23. The predicted octanol–water partition coefficient (Wildman–Crippen LogP) is 2.00. The smallest absolute Gasteiger partial charge is 0.192 e. The lowest BCUT2D eigenvalue weighted by molar-refractivity contribution is 0.187. The summed E-state index contributed by atoms with van der Waals surface area (Å²) < 4.78 is 5.42. The standard InChI is InChI=1S/C13H18N2O2/c1-9-15-11-6-10(4-5-12(11)17-9)7-14-13(2,3)8-16/h4-6,14,16H,7-8H2,1-3H3. The number of aryl methyl sites for hydroxylation is 1. The van der Waals surface area contributed by atoms with Gasteiger partial charge in [0.25, 0.3) is 0 Å². The second-order valence-corrected chi connectivity index (χ2v) is 4.93. The molecule has 0 aliphatic carbocycles. The van der Waals surface area contributed by atoms with Crippen LogP contribution in [0.4, 0.5) is 0 Å². The highest BCUT2D eigenvalue weighted by atomic mass is 16.3. The zero-order valence-electron chi connectivity index (χ0n) is 10.4. The molecule has 4 nitrogen and oxygen atoms in total. The topological polar surface area (TPSA) is 58.3 Å². The highest BCUT2D eigenvalue weighted by molar-refractivity contribution is 5.73. The van der Waals surface area contributed by atoms with Crippen molar-refractivity contribution in [1.29, 1.82) is 0 Å². The molecule has 0 atom stereocenters. The number of oxazole rings is 1. The van der Waals surface area contributed by atoms with Gasteiger partial charge in [-0.05, 0) is 31.5 Å². The van der Waals surface area contributed by atoms with Crippen molar-refractivity contribution < 1.29 is 9.52 Å². The van der Waals surface area contributed by atoms with Gasteiger partial charge in [0.05, 0.1) is 6.61 Å². The highest BCUT2D eigenvalue weighted by Gasteiger charge is 2.15. The van der Waals surface area contributed by atoms with Crippen LogP contribution in [-0.2, 0) is 6.54 Å². The summed E-state index contributed by atoms with van der Waals surface area (Å²) >= 11 is 0. The van der Waals surface area contributed by atoms with Gasteiger partial charge in [-0.25, -0.2) is 4.98 Å². The SMILES string of the molecule is Cc1nc2cc(CNC(C)(C)CO)ccc2o1. The molecule has 2 aromatic rings. The molecule has 2 N–H and O–H groups in total. The van der Waals surface area contributed by atoms with Crippen molar-refractivity contribution in [2.24, 2.45) is 0 Å². The first-order chi connectivity index (χ1) is 8.00. The van der Waals surface area contributed by atoms with E-state index in [4.69, 9.17) is 9.52 Å². The summed E-state index contributed by atoms with van der Waals surface area (Å²) in [5, 5.41) is 12.4. The Bertz CT molecular complexity index is 517. The minimum Gasteiger partial charge on any atom is -0.441 e. The number of hydrogen-bond donors (Lipinski definition) is 2. The summed E-state index contributed by atoms with van der Waals surface area (Å²) in [4.78, 5) is 4.29. The molecule has 0 aliphatic rings. The molecule has 0 bridgehead atoms. The fraction of sp³-hybridized carbons (Fsp3) is 0.462. The molecule has 0 amide bonds. The molecule has 1 aromatic heterocycles. The van der Waals surface area contributed by atoms with E-state index in [-0.39, 0.29) is 12.1 Å². The summed E-state index contributed by atoms with van der Waals surface area (Å²) in [6.07, 6.45) is 0. The summed E-state index contributed by atoms with van der Waals surface area (Å²) in [6, 6.07) is 5.94. The number of hydrogen-bond acceptors (Lipinski definition) is 4. The maximum absolute atomic E-state index is 9.16. The monoisotopic (exact) mass is 234 g/mol. The van der Waals surface area contributed by atoms with Gasteiger partial charge in [0.2, 0.25) is 0 Å². The molecule has 4 heteroatoms. The van der Waals surface area contributed by atoms with Crippen LogP contribution in [0.2, 0.25) is 0 Å². The minimum absolute atomic E-state index is 0.109. The van der Waals surface area contributed by atoms with Crippen LogP contribution in [0.3, 0.4) is 0 Å². The maximum atomic E-state index is 9.16. The van der Waals surface area contributed by atoms with Crippen molar-refractivity contribution in [3.63, 3.8) is 0 Å². The van der Waals surface area contributed by atoms with Gasteiger partial charge in [-0.1, -0.05) is 6.07 Å². The van der Waals surface area contributed by atoms with E-state index in [0.29, 0.717) is 12.4 Å². The second-order valence-electron chi connectivity index (χ2n) is 4.93. The number of aliphatic hydroxyl groups excluding tert-OH is 1. The lowest BCUT2D eigenvalue weighted by Crippen LogP contribution is -2.42. The highest BCUT2D eigenvalue weighted by Crippen LogP contribution is 2.17. The number of benzene rings is 1. The molecular weight excluding hydrogens is 216 g/mol. The quantitative estimate of drug-likeness (QED) is 0.849. The van der Waals surface area contributed by atoms with E-state index >= 15 is 0 Å². The Labute approximate surface area is 101 Å². The first kappa shape index (κ1) is 12.1. The third-order valence-electron chi connectivity index (χ3n) is 2.73. The minimum atomic E-state index is -0.269. The van der Waals surface area contributed by atoms with Crippen LogP contribution < -0.4 is 5.32 Å². The molecule has 2 rings (SSSR count). The van der Waals surface area contributed by atoms with Crippen LogP contribution in [0.1, 0.15) is 25.3 Å². The van der Waals surface area contributed by atoms with E-state index < -0.39 is 0 Å². The second kappa shape index (κ2) is 4.47. The van der Waals surface area contributed by atoms with Gasteiger partial charge in [0, 0.05) is 19.0 Å². The number of rotatable bonds is 4. The fourth-order valence-electron chi connectivity index (χ4n) is 1.60. The van der Waals surface area contributed by atoms with E-state index in [1.165, 1.54) is 0 Å². The van der Waals surface area contributed by atoms with Crippen molar-refractivity contribution in [3.8, 4) is 0 Å². The Morgan fingerprint density at radius 3 is 2.88 bits per heavy atom. The lowest BCUT2D eigenvalue weighted by atomic mass is 10.1. The maximum Gasteiger partial charge on any atom is 0.192 e. The number of nitrogens with one attached hydrogen (secondary N) is 1. The molecule has 0 aliphatic heterocycles. The molecule has 0 unspecified atom stereocenters. The van der Waals surface area contributed by atoms with E-state index in [1.54, 1.807) is 0 Å².